The fourth-order valence-electron chi connectivity index (χ4n) is 0.615. The fourth-order valence-corrected chi connectivity index (χ4v) is 1.30. The van der Waals surface area contributed by atoms with Crippen LogP contribution in [-0.2, 0) is 9.53 Å². The summed E-state index contributed by atoms with van der Waals surface area (Å²) < 4.78 is 3.08. The predicted octanol–water partition coefficient (Wildman–Crippen LogP) is 2.96. The van der Waals surface area contributed by atoms with Gasteiger partial charge in [0.1, 0.15) is 0 Å². The van der Waals surface area contributed by atoms with E-state index in [2.05, 4.69) is 4.74 Å². The maximum Gasteiger partial charge on any atom is 0.307 e. The largest absolute Gasteiger partial charge is 0.469 e. The Hall–Kier alpha value is 0.630. The molecule has 0 aliphatic rings. The van der Waals surface area contributed by atoms with Crippen molar-refractivity contribution in [2.24, 2.45) is 0 Å². The molecule has 0 aromatic rings. The van der Waals surface area contributed by atoms with Gasteiger partial charge >= 0.3 is 5.97 Å². The number of carbonyl (C=O) groups is 1. The van der Waals surface area contributed by atoms with E-state index >= 15 is 0 Å². The molecule has 0 aromatic heterocycles. The van der Waals surface area contributed by atoms with E-state index in [9.17, 15) is 4.79 Å². The summed E-state index contributed by atoms with van der Waals surface area (Å²) in [5.74, 6) is -0.469. The van der Waals surface area contributed by atoms with Crippen LogP contribution in [0.25, 0.3) is 0 Å². The van der Waals surface area contributed by atoms with Crippen molar-refractivity contribution in [2.75, 3.05) is 7.11 Å². The first kappa shape index (κ1) is 13.6. The summed E-state index contributed by atoms with van der Waals surface area (Å²) in [5, 5.41) is -1.32. The molecule has 0 rings (SSSR count). The first-order valence-electron chi connectivity index (χ1n) is 3.55. The lowest BCUT2D eigenvalue weighted by Crippen LogP contribution is -2.36. The van der Waals surface area contributed by atoms with Crippen LogP contribution in [0.1, 0.15) is 13.3 Å². The van der Waals surface area contributed by atoms with Crippen molar-refractivity contribution in [3.8, 4) is 0 Å². The van der Waals surface area contributed by atoms with Crippen molar-refractivity contribution in [1.29, 1.82) is 0 Å². The number of hydrogen-bond acceptors (Lipinski definition) is 2. The Balaban J connectivity index is 4.24. The van der Waals surface area contributed by atoms with Crippen LogP contribution in [0.5, 0.6) is 0 Å². The SMILES string of the molecule is COC(=O)CC(Cl)C(Cl)(Cl)C(C)Cl. The van der Waals surface area contributed by atoms with E-state index in [4.69, 9.17) is 46.4 Å². The smallest absolute Gasteiger partial charge is 0.307 e. The zero-order valence-corrected chi connectivity index (χ0v) is 10.2. The van der Waals surface area contributed by atoms with E-state index in [1.165, 1.54) is 7.11 Å². The van der Waals surface area contributed by atoms with E-state index in [0.717, 1.165) is 0 Å². The van der Waals surface area contributed by atoms with E-state index < -0.39 is 21.1 Å². The summed E-state index contributed by atoms with van der Waals surface area (Å²) in [6.07, 6.45) is -0.0673. The molecule has 2 unspecified atom stereocenters. The Kier molecular flexibility index (Phi) is 5.76. The molecular weight excluding hydrogens is 258 g/mol. The number of halogens is 4. The number of carbonyl (C=O) groups excluding carboxylic acids is 1. The lowest BCUT2D eigenvalue weighted by Gasteiger charge is -2.26. The third-order valence-electron chi connectivity index (χ3n) is 1.52. The van der Waals surface area contributed by atoms with Crippen molar-refractivity contribution >= 4 is 52.4 Å². The summed E-state index contributed by atoms with van der Waals surface area (Å²) in [5.41, 5.74) is 0. The molecule has 0 amide bonds. The van der Waals surface area contributed by atoms with Crippen molar-refractivity contribution in [2.45, 2.75) is 28.4 Å². The summed E-state index contributed by atoms with van der Waals surface area (Å²) >= 11 is 23.1. The normalized spacial score (nSPS) is 16.5. The van der Waals surface area contributed by atoms with E-state index in [-0.39, 0.29) is 6.42 Å². The highest BCUT2D eigenvalue weighted by Crippen LogP contribution is 2.37. The molecule has 0 saturated heterocycles. The Labute approximate surface area is 97.4 Å². The van der Waals surface area contributed by atoms with Gasteiger partial charge in [-0.1, -0.05) is 23.2 Å². The molecule has 0 aromatic carbocycles. The second-order valence-corrected chi connectivity index (χ2v) is 5.16. The summed E-state index contributed by atoms with van der Waals surface area (Å²) in [6, 6.07) is 0. The fraction of sp³-hybridized carbons (Fsp3) is 0.857. The highest BCUT2D eigenvalue weighted by atomic mass is 35.5. The van der Waals surface area contributed by atoms with E-state index in [1.807, 2.05) is 0 Å². The standard InChI is InChI=1S/C7H10Cl4O2/c1-4(8)7(10,11)5(9)3-6(12)13-2/h4-5H,3H2,1-2H3. The number of ether oxygens (including phenoxy) is 1. The van der Waals surface area contributed by atoms with Crippen LogP contribution in [0.15, 0.2) is 0 Å². The van der Waals surface area contributed by atoms with Crippen LogP contribution in [0.4, 0.5) is 0 Å². The summed E-state index contributed by atoms with van der Waals surface area (Å²) in [7, 11) is 1.26. The monoisotopic (exact) mass is 266 g/mol. The van der Waals surface area contributed by atoms with Gasteiger partial charge in [0.15, 0.2) is 4.33 Å². The van der Waals surface area contributed by atoms with Gasteiger partial charge in [0, 0.05) is 0 Å². The van der Waals surface area contributed by atoms with Gasteiger partial charge in [-0.15, -0.1) is 23.2 Å². The quantitative estimate of drug-likeness (QED) is 0.578. The van der Waals surface area contributed by atoms with Crippen LogP contribution in [-0.4, -0.2) is 28.2 Å². The second-order valence-electron chi connectivity index (χ2n) is 2.54. The summed E-state index contributed by atoms with van der Waals surface area (Å²) in [6.45, 7) is 1.61. The van der Waals surface area contributed by atoms with Crippen LogP contribution in [0.3, 0.4) is 0 Å². The topological polar surface area (TPSA) is 26.3 Å². The molecule has 0 aliphatic heterocycles. The minimum atomic E-state index is -1.34. The minimum Gasteiger partial charge on any atom is -0.469 e. The van der Waals surface area contributed by atoms with Gasteiger partial charge in [0.05, 0.1) is 24.3 Å². The van der Waals surface area contributed by atoms with Gasteiger partial charge in [-0.3, -0.25) is 4.79 Å². The molecule has 0 bridgehead atoms. The number of hydrogen-bond donors (Lipinski definition) is 0. The van der Waals surface area contributed by atoms with Crippen molar-refractivity contribution in [3.63, 3.8) is 0 Å². The van der Waals surface area contributed by atoms with Gasteiger partial charge in [0.25, 0.3) is 0 Å². The van der Waals surface area contributed by atoms with Crippen LogP contribution < -0.4 is 0 Å². The number of esters is 1. The highest BCUT2D eigenvalue weighted by Gasteiger charge is 2.39. The molecule has 0 fully saturated rings. The molecule has 0 heterocycles. The van der Waals surface area contributed by atoms with Crippen LogP contribution >= 0.6 is 46.4 Å². The van der Waals surface area contributed by atoms with Crippen molar-refractivity contribution in [1.82, 2.24) is 0 Å². The Bertz CT molecular complexity index is 181. The number of methoxy groups -OCH3 is 1. The Morgan fingerprint density at radius 2 is 1.92 bits per heavy atom. The van der Waals surface area contributed by atoms with E-state index in [1.54, 1.807) is 6.92 Å². The van der Waals surface area contributed by atoms with Gasteiger partial charge < -0.3 is 4.74 Å². The lowest BCUT2D eigenvalue weighted by atomic mass is 10.2. The number of rotatable bonds is 4. The molecule has 2 nitrogen and oxygen atoms in total. The molecule has 2 atom stereocenters. The molecule has 78 valence electrons. The second kappa shape index (κ2) is 5.50. The zero-order chi connectivity index (χ0) is 10.6. The third-order valence-corrected chi connectivity index (χ3v) is 3.99. The molecule has 13 heavy (non-hydrogen) atoms. The minimum absolute atomic E-state index is 0.0673. The Morgan fingerprint density at radius 1 is 1.46 bits per heavy atom. The van der Waals surface area contributed by atoms with Crippen LogP contribution in [0.2, 0.25) is 0 Å². The molecule has 0 saturated carbocycles. The maximum atomic E-state index is 10.8. The molecule has 0 aliphatic carbocycles. The van der Waals surface area contributed by atoms with Crippen molar-refractivity contribution < 1.29 is 9.53 Å². The van der Waals surface area contributed by atoms with Gasteiger partial charge in [-0.25, -0.2) is 0 Å². The first-order chi connectivity index (χ1) is 5.82. The Morgan fingerprint density at radius 3 is 2.23 bits per heavy atom. The number of alkyl halides is 4. The molecular formula is C7H10Cl4O2. The maximum absolute atomic E-state index is 10.8. The average Bonchev–Trinajstić information content (AvgIpc) is 2.03. The average molecular weight is 268 g/mol. The third kappa shape index (κ3) is 4.11. The van der Waals surface area contributed by atoms with Crippen molar-refractivity contribution in [3.05, 3.63) is 0 Å². The van der Waals surface area contributed by atoms with Gasteiger partial charge in [0.2, 0.25) is 0 Å². The zero-order valence-electron chi connectivity index (χ0n) is 7.19. The highest BCUT2D eigenvalue weighted by molar-refractivity contribution is 6.55. The van der Waals surface area contributed by atoms with Crippen LogP contribution in [0, 0.1) is 0 Å². The van der Waals surface area contributed by atoms with Gasteiger partial charge in [-0.05, 0) is 6.92 Å². The molecule has 0 N–H and O–H groups in total. The molecule has 0 spiro atoms. The van der Waals surface area contributed by atoms with E-state index in [0.29, 0.717) is 0 Å². The lowest BCUT2D eigenvalue weighted by molar-refractivity contribution is -0.140. The summed E-state index contributed by atoms with van der Waals surface area (Å²) in [4.78, 5) is 10.8. The molecule has 6 heteroatoms. The van der Waals surface area contributed by atoms with Gasteiger partial charge in [-0.2, -0.15) is 0 Å². The first-order valence-corrected chi connectivity index (χ1v) is 5.18. The molecule has 0 radical (unpaired) electrons. The predicted molar refractivity (Wildman–Crippen MR) is 56.0 cm³/mol.